The molecule has 8 N–H and O–H groups in total. The third-order valence-corrected chi connectivity index (χ3v) is 6.21. The minimum atomic E-state index is -1.32. The second-order valence-corrected chi connectivity index (χ2v) is 9.78. The Hall–Kier alpha value is -4.45. The Bertz CT molecular complexity index is 1170. The maximum atomic E-state index is 13.3. The number of aromatic hydroxyl groups is 1. The number of benzene rings is 2. The Morgan fingerprint density at radius 2 is 1.23 bits per heavy atom. The van der Waals surface area contributed by atoms with Crippen molar-refractivity contribution in [1.29, 1.82) is 0 Å². The number of rotatable bonds is 15. The number of carbonyl (C=O) groups is 5. The summed E-state index contributed by atoms with van der Waals surface area (Å²) in [5.74, 6) is -5.03. The van der Waals surface area contributed by atoms with E-state index in [9.17, 15) is 34.2 Å². The first-order valence-corrected chi connectivity index (χ1v) is 12.8. The molecule has 0 bridgehead atoms. The lowest BCUT2D eigenvalue weighted by molar-refractivity contribution is -0.142. The van der Waals surface area contributed by atoms with Crippen molar-refractivity contribution in [2.24, 2.45) is 11.7 Å². The predicted molar refractivity (Wildman–Crippen MR) is 145 cm³/mol. The molecule has 0 spiro atoms. The van der Waals surface area contributed by atoms with E-state index in [1.54, 1.807) is 44.2 Å². The number of amides is 3. The van der Waals surface area contributed by atoms with Gasteiger partial charge in [0.25, 0.3) is 0 Å². The number of carboxylic acids is 2. The van der Waals surface area contributed by atoms with Crippen LogP contribution in [0.1, 0.15) is 37.8 Å². The van der Waals surface area contributed by atoms with Crippen molar-refractivity contribution >= 4 is 29.7 Å². The summed E-state index contributed by atoms with van der Waals surface area (Å²) < 4.78 is 0. The zero-order valence-electron chi connectivity index (χ0n) is 22.4. The number of aliphatic carboxylic acids is 2. The molecule has 2 rings (SSSR count). The van der Waals surface area contributed by atoms with Gasteiger partial charge in [-0.05, 0) is 35.6 Å². The summed E-state index contributed by atoms with van der Waals surface area (Å²) in [4.78, 5) is 62.2. The standard InChI is InChI=1S/C28H36N4O8/c1-16(2)24(29)27(38)30-20(12-13-23(34)35)25(36)31-21(14-18-8-10-19(33)11-9-18)26(37)32-22(28(39)40)15-17-6-4-3-5-7-17/h3-11,16,20-22,24,33H,12-15,29H2,1-2H3,(H,30,38)(H,31,36)(H,32,37)(H,34,35)(H,39,40). The van der Waals surface area contributed by atoms with Gasteiger partial charge < -0.3 is 37.0 Å². The van der Waals surface area contributed by atoms with Crippen molar-refractivity contribution in [2.75, 3.05) is 0 Å². The van der Waals surface area contributed by atoms with E-state index in [4.69, 9.17) is 10.8 Å². The van der Waals surface area contributed by atoms with Gasteiger partial charge in [-0.3, -0.25) is 19.2 Å². The minimum absolute atomic E-state index is 0.00776. The summed E-state index contributed by atoms with van der Waals surface area (Å²) in [6.07, 6.45) is -0.799. The summed E-state index contributed by atoms with van der Waals surface area (Å²) in [7, 11) is 0. The van der Waals surface area contributed by atoms with Gasteiger partial charge in [0.15, 0.2) is 0 Å². The highest BCUT2D eigenvalue weighted by atomic mass is 16.4. The quantitative estimate of drug-likeness (QED) is 0.163. The zero-order valence-corrected chi connectivity index (χ0v) is 22.4. The Kier molecular flexibility index (Phi) is 12.1. The third-order valence-electron chi connectivity index (χ3n) is 6.21. The number of carboxylic acid groups (broad SMARTS) is 2. The summed E-state index contributed by atoms with van der Waals surface area (Å²) in [5.41, 5.74) is 7.09. The van der Waals surface area contributed by atoms with Gasteiger partial charge in [0.05, 0.1) is 6.04 Å². The van der Waals surface area contributed by atoms with Gasteiger partial charge in [-0.25, -0.2) is 4.79 Å². The van der Waals surface area contributed by atoms with Crippen LogP contribution in [0, 0.1) is 5.92 Å². The number of hydrogen-bond donors (Lipinski definition) is 7. The maximum Gasteiger partial charge on any atom is 0.326 e. The number of nitrogens with one attached hydrogen (secondary N) is 3. The number of carbonyl (C=O) groups excluding carboxylic acids is 3. The van der Waals surface area contributed by atoms with Gasteiger partial charge in [0.2, 0.25) is 17.7 Å². The summed E-state index contributed by atoms with van der Waals surface area (Å²) in [5, 5.41) is 35.9. The highest BCUT2D eigenvalue weighted by Crippen LogP contribution is 2.13. The average Bonchev–Trinajstić information content (AvgIpc) is 2.91. The lowest BCUT2D eigenvalue weighted by atomic mass is 10.0. The van der Waals surface area contributed by atoms with E-state index in [0.717, 1.165) is 0 Å². The molecular formula is C28H36N4O8. The summed E-state index contributed by atoms with van der Waals surface area (Å²) in [6.45, 7) is 3.42. The second kappa shape index (κ2) is 15.2. The molecule has 0 aliphatic rings. The lowest BCUT2D eigenvalue weighted by Gasteiger charge is -2.26. The molecule has 2 aromatic rings. The molecule has 4 atom stereocenters. The van der Waals surface area contributed by atoms with Crippen molar-refractivity contribution in [3.8, 4) is 5.75 Å². The van der Waals surface area contributed by atoms with Gasteiger partial charge in [-0.15, -0.1) is 0 Å². The van der Waals surface area contributed by atoms with Crippen LogP contribution in [-0.4, -0.2) is 69.1 Å². The predicted octanol–water partition coefficient (Wildman–Crippen LogP) is 0.565. The monoisotopic (exact) mass is 556 g/mol. The van der Waals surface area contributed by atoms with Crippen LogP contribution in [0.5, 0.6) is 5.75 Å². The topological polar surface area (TPSA) is 208 Å². The average molecular weight is 557 g/mol. The first-order chi connectivity index (χ1) is 18.9. The third kappa shape index (κ3) is 10.4. The van der Waals surface area contributed by atoms with E-state index in [-0.39, 0.29) is 30.9 Å². The fourth-order valence-electron chi connectivity index (χ4n) is 3.78. The van der Waals surface area contributed by atoms with Gasteiger partial charge in [0, 0.05) is 19.3 Å². The highest BCUT2D eigenvalue weighted by molar-refractivity contribution is 5.94. The van der Waals surface area contributed by atoms with Crippen molar-refractivity contribution in [3.63, 3.8) is 0 Å². The van der Waals surface area contributed by atoms with Crippen LogP contribution >= 0.6 is 0 Å². The minimum Gasteiger partial charge on any atom is -0.508 e. The van der Waals surface area contributed by atoms with Crippen LogP contribution < -0.4 is 21.7 Å². The molecule has 12 nitrogen and oxygen atoms in total. The molecule has 2 aromatic carbocycles. The smallest absolute Gasteiger partial charge is 0.326 e. The lowest BCUT2D eigenvalue weighted by Crippen LogP contribution is -2.58. The molecule has 0 aromatic heterocycles. The molecule has 0 fully saturated rings. The van der Waals surface area contributed by atoms with Crippen LogP contribution in [0.4, 0.5) is 0 Å². The molecule has 3 amide bonds. The van der Waals surface area contributed by atoms with Crippen LogP contribution in [0.2, 0.25) is 0 Å². The van der Waals surface area contributed by atoms with Gasteiger partial charge in [0.1, 0.15) is 23.9 Å². The number of phenolic OH excluding ortho intramolecular Hbond substituents is 1. The second-order valence-electron chi connectivity index (χ2n) is 9.78. The first kappa shape index (κ1) is 31.8. The molecule has 0 aliphatic heterocycles. The summed E-state index contributed by atoms with van der Waals surface area (Å²) in [6, 6.07) is 9.67. The van der Waals surface area contributed by atoms with E-state index in [0.29, 0.717) is 11.1 Å². The fraction of sp³-hybridized carbons (Fsp3) is 0.393. The van der Waals surface area contributed by atoms with Gasteiger partial charge >= 0.3 is 11.9 Å². The van der Waals surface area contributed by atoms with Crippen LogP contribution in [0.15, 0.2) is 54.6 Å². The number of phenols is 1. The molecule has 216 valence electrons. The van der Waals surface area contributed by atoms with Crippen molar-refractivity contribution in [3.05, 3.63) is 65.7 Å². The van der Waals surface area contributed by atoms with E-state index < -0.39 is 60.2 Å². The number of hydrogen-bond acceptors (Lipinski definition) is 7. The molecule has 12 heteroatoms. The van der Waals surface area contributed by atoms with Gasteiger partial charge in [-0.2, -0.15) is 0 Å². The SMILES string of the molecule is CC(C)C(N)C(=O)NC(CCC(=O)O)C(=O)NC(Cc1ccc(O)cc1)C(=O)NC(Cc1ccccc1)C(=O)O. The Labute approximate surface area is 232 Å². The fourth-order valence-corrected chi connectivity index (χ4v) is 3.78. The van der Waals surface area contributed by atoms with Gasteiger partial charge in [-0.1, -0.05) is 56.3 Å². The maximum absolute atomic E-state index is 13.3. The summed E-state index contributed by atoms with van der Waals surface area (Å²) >= 11 is 0. The van der Waals surface area contributed by atoms with Crippen LogP contribution in [-0.2, 0) is 36.8 Å². The molecule has 40 heavy (non-hydrogen) atoms. The molecule has 0 radical (unpaired) electrons. The zero-order chi connectivity index (χ0) is 29.8. The van der Waals surface area contributed by atoms with E-state index >= 15 is 0 Å². The van der Waals surface area contributed by atoms with Crippen LogP contribution in [0.25, 0.3) is 0 Å². The highest BCUT2D eigenvalue weighted by Gasteiger charge is 2.31. The molecule has 0 heterocycles. The Balaban J connectivity index is 2.29. The number of nitrogens with two attached hydrogens (primary N) is 1. The largest absolute Gasteiger partial charge is 0.508 e. The molecular weight excluding hydrogens is 520 g/mol. The van der Waals surface area contributed by atoms with Crippen LogP contribution in [0.3, 0.4) is 0 Å². The first-order valence-electron chi connectivity index (χ1n) is 12.8. The van der Waals surface area contributed by atoms with Crippen molar-refractivity contribution < 1.29 is 39.3 Å². The Morgan fingerprint density at radius 3 is 1.77 bits per heavy atom. The van der Waals surface area contributed by atoms with E-state index in [1.807, 2.05) is 0 Å². The molecule has 0 aliphatic carbocycles. The normalized spacial score (nSPS) is 13.9. The van der Waals surface area contributed by atoms with E-state index in [1.165, 1.54) is 24.3 Å². The van der Waals surface area contributed by atoms with E-state index in [2.05, 4.69) is 16.0 Å². The molecule has 4 unspecified atom stereocenters. The Morgan fingerprint density at radius 1 is 0.725 bits per heavy atom. The molecule has 0 saturated carbocycles. The van der Waals surface area contributed by atoms with Crippen molar-refractivity contribution in [2.45, 2.75) is 63.7 Å². The van der Waals surface area contributed by atoms with Crippen molar-refractivity contribution in [1.82, 2.24) is 16.0 Å². The molecule has 0 saturated heterocycles.